The van der Waals surface area contributed by atoms with E-state index < -0.39 is 0 Å². The molecule has 2 heteroatoms. The van der Waals surface area contributed by atoms with Crippen LogP contribution in [0.2, 0.25) is 0 Å². The number of fused-ring (bicyclic) bond motifs is 2. The van der Waals surface area contributed by atoms with Crippen molar-refractivity contribution in [3.8, 4) is 5.75 Å². The van der Waals surface area contributed by atoms with E-state index >= 15 is 0 Å². The van der Waals surface area contributed by atoms with Gasteiger partial charge in [-0.15, -0.1) is 0 Å². The van der Waals surface area contributed by atoms with Crippen LogP contribution in [0.25, 0.3) is 21.5 Å². The van der Waals surface area contributed by atoms with Crippen LogP contribution in [0.3, 0.4) is 0 Å². The van der Waals surface area contributed by atoms with Gasteiger partial charge in [-0.1, -0.05) is 63.1 Å². The highest BCUT2D eigenvalue weighted by Gasteiger charge is 2.10. The quantitative estimate of drug-likeness (QED) is 0.229. The summed E-state index contributed by atoms with van der Waals surface area (Å²) in [5.41, 5.74) is 1.31. The molecule has 0 fully saturated rings. The number of hydrogen-bond donors (Lipinski definition) is 0. The van der Waals surface area contributed by atoms with E-state index in [1.165, 1.54) is 29.2 Å². The van der Waals surface area contributed by atoms with Crippen molar-refractivity contribution in [2.45, 2.75) is 39.5 Å². The molecule has 0 bridgehead atoms. The minimum Gasteiger partial charge on any atom is -0.336 e. The molecule has 0 atom stereocenters. The Bertz CT molecular complexity index is 792. The van der Waals surface area contributed by atoms with E-state index in [-0.39, 0.29) is 0 Å². The number of unbranched alkanes of at least 4 members (excludes halogenated alkanes) is 2. The first-order chi connectivity index (χ1) is 11.3. The van der Waals surface area contributed by atoms with Gasteiger partial charge < -0.3 is 4.89 Å². The van der Waals surface area contributed by atoms with Crippen molar-refractivity contribution in [2.24, 2.45) is 0 Å². The molecule has 0 unspecified atom stereocenters. The zero-order chi connectivity index (χ0) is 16.1. The van der Waals surface area contributed by atoms with E-state index in [2.05, 4.69) is 56.3 Å². The molecule has 0 amide bonds. The molecule has 3 aromatic carbocycles. The van der Waals surface area contributed by atoms with E-state index in [9.17, 15) is 0 Å². The fraction of sp³-hybridized carbons (Fsp3) is 0.333. The Balaban J connectivity index is 2.01. The third-order valence-corrected chi connectivity index (χ3v) is 4.26. The van der Waals surface area contributed by atoms with Gasteiger partial charge in [0, 0.05) is 10.8 Å². The lowest BCUT2D eigenvalue weighted by atomic mass is 10.00. The van der Waals surface area contributed by atoms with Gasteiger partial charge in [0.25, 0.3) is 0 Å². The molecule has 2 nitrogen and oxygen atoms in total. The van der Waals surface area contributed by atoms with Gasteiger partial charge in [0.15, 0.2) is 5.75 Å². The summed E-state index contributed by atoms with van der Waals surface area (Å²) in [5.74, 6) is 0.838. The monoisotopic (exact) mass is 308 g/mol. The van der Waals surface area contributed by atoms with Crippen molar-refractivity contribution in [2.75, 3.05) is 6.61 Å². The van der Waals surface area contributed by atoms with Crippen LogP contribution >= 0.6 is 0 Å². The van der Waals surface area contributed by atoms with Crippen LogP contribution in [0.4, 0.5) is 0 Å². The second-order valence-corrected chi connectivity index (χ2v) is 5.95. The average molecular weight is 308 g/mol. The predicted molar refractivity (Wildman–Crippen MR) is 96.9 cm³/mol. The number of rotatable bonds is 7. The first-order valence-corrected chi connectivity index (χ1v) is 8.57. The summed E-state index contributed by atoms with van der Waals surface area (Å²) in [7, 11) is 0. The molecular weight excluding hydrogens is 284 g/mol. The van der Waals surface area contributed by atoms with Crippen molar-refractivity contribution in [3.05, 3.63) is 54.1 Å². The number of hydrogen-bond acceptors (Lipinski definition) is 2. The zero-order valence-corrected chi connectivity index (χ0v) is 14.0. The summed E-state index contributed by atoms with van der Waals surface area (Å²) >= 11 is 0. The Morgan fingerprint density at radius 2 is 1.65 bits per heavy atom. The fourth-order valence-corrected chi connectivity index (χ4v) is 2.89. The van der Waals surface area contributed by atoms with Gasteiger partial charge in [0.2, 0.25) is 0 Å². The maximum Gasteiger partial charge on any atom is 0.181 e. The second kappa shape index (κ2) is 7.47. The highest BCUT2D eigenvalue weighted by Crippen LogP contribution is 2.35. The summed E-state index contributed by atoms with van der Waals surface area (Å²) in [4.78, 5) is 11.3. The molecule has 120 valence electrons. The van der Waals surface area contributed by atoms with Crippen molar-refractivity contribution in [1.82, 2.24) is 0 Å². The number of benzene rings is 3. The molecule has 0 N–H and O–H groups in total. The van der Waals surface area contributed by atoms with Gasteiger partial charge in [-0.3, -0.25) is 0 Å². The molecule has 0 spiro atoms. The number of aryl methyl sites for hydroxylation is 1. The van der Waals surface area contributed by atoms with E-state index in [0.717, 1.165) is 29.4 Å². The Hall–Kier alpha value is -2.06. The van der Waals surface area contributed by atoms with Gasteiger partial charge in [-0.2, -0.15) is 4.89 Å². The Morgan fingerprint density at radius 1 is 0.826 bits per heavy atom. The molecule has 0 saturated carbocycles. The van der Waals surface area contributed by atoms with Crippen LogP contribution in [-0.4, -0.2) is 6.61 Å². The summed E-state index contributed by atoms with van der Waals surface area (Å²) < 4.78 is 0. The second-order valence-electron chi connectivity index (χ2n) is 5.95. The average Bonchev–Trinajstić information content (AvgIpc) is 2.60. The van der Waals surface area contributed by atoms with Crippen LogP contribution in [-0.2, 0) is 11.3 Å². The normalized spacial score (nSPS) is 11.2. The summed E-state index contributed by atoms with van der Waals surface area (Å²) in [5, 5.41) is 4.59. The van der Waals surface area contributed by atoms with E-state index in [1.807, 2.05) is 6.07 Å². The highest BCUT2D eigenvalue weighted by molar-refractivity contribution is 6.05. The first-order valence-electron chi connectivity index (χ1n) is 8.57. The molecule has 0 saturated heterocycles. The zero-order valence-electron chi connectivity index (χ0n) is 14.0. The molecule has 0 aliphatic rings. The van der Waals surface area contributed by atoms with E-state index in [4.69, 9.17) is 9.78 Å². The maximum atomic E-state index is 5.78. The predicted octanol–water partition coefficient (Wildman–Crippen LogP) is 6.06. The molecule has 0 aliphatic carbocycles. The molecule has 0 radical (unpaired) electrons. The first kappa shape index (κ1) is 15.8. The topological polar surface area (TPSA) is 18.5 Å². The highest BCUT2D eigenvalue weighted by atomic mass is 17.2. The van der Waals surface area contributed by atoms with Crippen LogP contribution in [0, 0.1) is 0 Å². The van der Waals surface area contributed by atoms with Gasteiger partial charge in [0.1, 0.15) is 0 Å². The lowest BCUT2D eigenvalue weighted by Gasteiger charge is -2.12. The minimum absolute atomic E-state index is 0.631. The van der Waals surface area contributed by atoms with E-state index in [0.29, 0.717) is 6.61 Å². The molecule has 3 rings (SSSR count). The van der Waals surface area contributed by atoms with E-state index in [1.54, 1.807) is 0 Å². The molecular formula is C21H24O2. The molecule has 0 aromatic heterocycles. The van der Waals surface area contributed by atoms with Crippen molar-refractivity contribution in [1.29, 1.82) is 0 Å². The van der Waals surface area contributed by atoms with Gasteiger partial charge in [-0.25, -0.2) is 0 Å². The van der Waals surface area contributed by atoms with Gasteiger partial charge >= 0.3 is 0 Å². The molecule has 0 aliphatic heterocycles. The van der Waals surface area contributed by atoms with Crippen LogP contribution < -0.4 is 4.89 Å². The van der Waals surface area contributed by atoms with Crippen LogP contribution in [0.5, 0.6) is 5.75 Å². The lowest BCUT2D eigenvalue weighted by Crippen LogP contribution is -2.00. The smallest absolute Gasteiger partial charge is 0.181 e. The third kappa shape index (κ3) is 3.48. The van der Waals surface area contributed by atoms with Gasteiger partial charge in [0.05, 0.1) is 6.61 Å². The Labute approximate surface area is 138 Å². The molecule has 3 aromatic rings. The molecule has 23 heavy (non-hydrogen) atoms. The fourth-order valence-electron chi connectivity index (χ4n) is 2.89. The van der Waals surface area contributed by atoms with Crippen LogP contribution in [0.15, 0.2) is 48.5 Å². The van der Waals surface area contributed by atoms with Crippen molar-refractivity contribution in [3.63, 3.8) is 0 Å². The third-order valence-electron chi connectivity index (χ3n) is 4.26. The lowest BCUT2D eigenvalue weighted by molar-refractivity contribution is -0.205. The largest absolute Gasteiger partial charge is 0.336 e. The summed E-state index contributed by atoms with van der Waals surface area (Å²) in [6.07, 6.45) is 4.39. The van der Waals surface area contributed by atoms with Crippen molar-refractivity contribution < 1.29 is 9.78 Å². The maximum absolute atomic E-state index is 5.78. The summed E-state index contributed by atoms with van der Waals surface area (Å²) in [6, 6.07) is 17.1. The van der Waals surface area contributed by atoms with Crippen LogP contribution in [0.1, 0.15) is 38.7 Å². The summed E-state index contributed by atoms with van der Waals surface area (Å²) in [6.45, 7) is 4.99. The van der Waals surface area contributed by atoms with Crippen molar-refractivity contribution >= 4 is 21.5 Å². The standard InChI is InChI=1S/C21H24O2/c1-3-5-8-13-22-23-21-19-10-7-6-9-17(19)15-18-12-11-16(4-2)14-20(18)21/h6-7,9-12,14-15H,3-5,8,13H2,1-2H3. The SMILES string of the molecule is CCCCCOOc1c2ccccc2cc2ccc(CC)cc12. The molecule has 0 heterocycles. The van der Waals surface area contributed by atoms with Gasteiger partial charge in [-0.05, 0) is 41.3 Å². The Morgan fingerprint density at radius 3 is 2.48 bits per heavy atom. The Kier molecular flexibility index (Phi) is 5.14. The minimum atomic E-state index is 0.631.